The molecule has 0 aromatic carbocycles. The minimum Gasteiger partial charge on any atom is -0.487 e. The second-order valence-corrected chi connectivity index (χ2v) is 9.42. The maximum absolute atomic E-state index is 12.6. The van der Waals surface area contributed by atoms with Crippen LogP contribution in [0.1, 0.15) is 47.7 Å². The molecule has 0 atom stereocenters. The molecule has 7 nitrogen and oxygen atoms in total. The summed E-state index contributed by atoms with van der Waals surface area (Å²) in [4.78, 5) is 28.0. The summed E-state index contributed by atoms with van der Waals surface area (Å²) < 4.78 is 53.2. The normalized spacial score (nSPS) is 20.1. The fourth-order valence-corrected chi connectivity index (χ4v) is 5.73. The van der Waals surface area contributed by atoms with Gasteiger partial charge in [-0.2, -0.15) is 0 Å². The molecule has 10 heteroatoms. The number of primary amides is 1. The van der Waals surface area contributed by atoms with E-state index in [4.69, 9.17) is 10.5 Å². The number of pyridine rings is 1. The van der Waals surface area contributed by atoms with Gasteiger partial charge >= 0.3 is 0 Å². The molecule has 1 aromatic heterocycles. The number of carbonyl (C=O) groups is 2. The van der Waals surface area contributed by atoms with Crippen molar-refractivity contribution in [3.63, 3.8) is 0 Å². The Morgan fingerprint density at radius 2 is 1.96 bits per heavy atom. The fraction of sp³-hybridized carbons (Fsp3) is 0.588. The number of hydrogen-bond donors (Lipinski definition) is 1. The van der Waals surface area contributed by atoms with Gasteiger partial charge in [0.15, 0.2) is 15.6 Å². The smallest absolute Gasteiger partial charge is 0.272 e. The van der Waals surface area contributed by atoms with E-state index in [1.165, 1.54) is 12.3 Å². The Kier molecular flexibility index (Phi) is 5.20. The van der Waals surface area contributed by atoms with Crippen molar-refractivity contribution < 1.29 is 31.5 Å². The lowest BCUT2D eigenvalue weighted by atomic mass is 9.81. The van der Waals surface area contributed by atoms with Gasteiger partial charge in [-0.25, -0.2) is 17.2 Å². The standard InChI is InChI=1S/C17H20F2N2O5S/c18-15(19)7-26-14-3-12(21-6-11(14)10-1-2-10)13(22)4-17(5-16(20)23)8-27(24,25)9-17/h3,6,10,15H,1-2,4-5,7-9H2,(H2,20,23). The predicted octanol–water partition coefficient (Wildman–Crippen LogP) is 1.47. The Morgan fingerprint density at radius 3 is 2.48 bits per heavy atom. The first-order valence-electron chi connectivity index (χ1n) is 8.52. The number of carbonyl (C=O) groups excluding carboxylic acids is 2. The molecule has 2 heterocycles. The molecule has 148 valence electrons. The second kappa shape index (κ2) is 7.14. The van der Waals surface area contributed by atoms with E-state index in [0.29, 0.717) is 5.56 Å². The summed E-state index contributed by atoms with van der Waals surface area (Å²) in [6, 6.07) is 1.32. The highest BCUT2D eigenvalue weighted by atomic mass is 32.2. The first-order chi connectivity index (χ1) is 12.6. The molecule has 0 spiro atoms. The van der Waals surface area contributed by atoms with Gasteiger partial charge < -0.3 is 10.5 Å². The van der Waals surface area contributed by atoms with Crippen LogP contribution in [0.2, 0.25) is 0 Å². The number of sulfone groups is 1. The monoisotopic (exact) mass is 402 g/mol. The highest BCUT2D eigenvalue weighted by Crippen LogP contribution is 2.45. The lowest BCUT2D eigenvalue weighted by Crippen LogP contribution is -2.51. The molecule has 1 aliphatic carbocycles. The third-order valence-corrected chi connectivity index (χ3v) is 6.80. The number of halogens is 2. The van der Waals surface area contributed by atoms with Gasteiger partial charge in [0.2, 0.25) is 5.91 Å². The van der Waals surface area contributed by atoms with Gasteiger partial charge in [0.25, 0.3) is 6.43 Å². The van der Waals surface area contributed by atoms with E-state index in [1.54, 1.807) is 0 Å². The molecule has 0 radical (unpaired) electrons. The molecule has 1 aliphatic heterocycles. The lowest BCUT2D eigenvalue weighted by Gasteiger charge is -2.39. The van der Waals surface area contributed by atoms with Crippen LogP contribution >= 0.6 is 0 Å². The molecule has 3 rings (SSSR count). The number of nitrogens with two attached hydrogens (primary N) is 1. The molecule has 27 heavy (non-hydrogen) atoms. The zero-order chi connectivity index (χ0) is 19.8. The van der Waals surface area contributed by atoms with Gasteiger partial charge in [-0.3, -0.25) is 14.6 Å². The molecule has 0 bridgehead atoms. The van der Waals surface area contributed by atoms with Crippen LogP contribution in [-0.2, 0) is 14.6 Å². The third kappa shape index (κ3) is 4.79. The van der Waals surface area contributed by atoms with Crippen LogP contribution in [0.5, 0.6) is 5.75 Å². The number of nitrogens with zero attached hydrogens (tertiary/aromatic N) is 1. The highest BCUT2D eigenvalue weighted by molar-refractivity contribution is 7.92. The Labute approximate surface area is 155 Å². The Hall–Kier alpha value is -2.10. The van der Waals surface area contributed by atoms with Crippen molar-refractivity contribution in [3.8, 4) is 5.75 Å². The molecule has 2 N–H and O–H groups in total. The van der Waals surface area contributed by atoms with Gasteiger partial charge in [0.1, 0.15) is 18.1 Å². The van der Waals surface area contributed by atoms with Crippen LogP contribution in [0.4, 0.5) is 8.78 Å². The fourth-order valence-electron chi connectivity index (χ4n) is 3.54. The van der Waals surface area contributed by atoms with Crippen molar-refractivity contribution in [1.29, 1.82) is 0 Å². The third-order valence-electron chi connectivity index (χ3n) is 4.70. The molecular formula is C17H20F2N2O5S. The van der Waals surface area contributed by atoms with Crippen LogP contribution in [0, 0.1) is 5.41 Å². The number of ketones is 1. The van der Waals surface area contributed by atoms with E-state index in [-0.39, 0.29) is 41.7 Å². The maximum Gasteiger partial charge on any atom is 0.272 e. The summed E-state index contributed by atoms with van der Waals surface area (Å²) in [6.07, 6.45) is 0.179. The van der Waals surface area contributed by atoms with Gasteiger partial charge in [-0.05, 0) is 18.8 Å². The van der Waals surface area contributed by atoms with Crippen molar-refractivity contribution in [1.82, 2.24) is 4.98 Å². The first-order valence-corrected chi connectivity index (χ1v) is 10.3. The highest BCUT2D eigenvalue weighted by Gasteiger charge is 2.50. The first kappa shape index (κ1) is 19.7. The molecule has 1 saturated carbocycles. The minimum absolute atomic E-state index is 0.00295. The average Bonchev–Trinajstić information content (AvgIpc) is 3.34. The van der Waals surface area contributed by atoms with Gasteiger partial charge in [-0.1, -0.05) is 0 Å². The molecule has 0 unspecified atom stereocenters. The van der Waals surface area contributed by atoms with Crippen molar-refractivity contribution >= 4 is 21.5 Å². The van der Waals surface area contributed by atoms with Crippen LogP contribution < -0.4 is 10.5 Å². The molecule has 2 fully saturated rings. The molecule has 1 amide bonds. The number of aromatic nitrogens is 1. The van der Waals surface area contributed by atoms with Crippen molar-refractivity contribution in [2.24, 2.45) is 11.1 Å². The van der Waals surface area contributed by atoms with Crippen molar-refractivity contribution in [2.75, 3.05) is 18.1 Å². The zero-order valence-electron chi connectivity index (χ0n) is 14.5. The largest absolute Gasteiger partial charge is 0.487 e. The number of hydrogen-bond acceptors (Lipinski definition) is 6. The Balaban J connectivity index is 1.79. The van der Waals surface area contributed by atoms with E-state index in [2.05, 4.69) is 4.98 Å². The number of Topliss-reactive ketones (excluding diaryl/α,β-unsaturated/α-hetero) is 1. The van der Waals surface area contributed by atoms with Crippen molar-refractivity contribution in [3.05, 3.63) is 23.5 Å². The summed E-state index contributed by atoms with van der Waals surface area (Å²) in [5, 5.41) is 0. The Morgan fingerprint density at radius 1 is 1.30 bits per heavy atom. The SMILES string of the molecule is NC(=O)CC1(CC(=O)c2cc(OCC(F)F)c(C3CC3)cn2)CS(=O)(=O)C1. The van der Waals surface area contributed by atoms with E-state index in [1.807, 2.05) is 0 Å². The summed E-state index contributed by atoms with van der Waals surface area (Å²) in [5.74, 6) is -1.35. The van der Waals surface area contributed by atoms with Crippen LogP contribution in [0.25, 0.3) is 0 Å². The summed E-state index contributed by atoms with van der Waals surface area (Å²) in [5.41, 5.74) is 4.85. The van der Waals surface area contributed by atoms with E-state index in [0.717, 1.165) is 12.8 Å². The minimum atomic E-state index is -3.29. The number of amides is 1. The summed E-state index contributed by atoms with van der Waals surface area (Å²) >= 11 is 0. The molecule has 1 aromatic rings. The van der Waals surface area contributed by atoms with Crippen LogP contribution in [0.15, 0.2) is 12.3 Å². The molecular weight excluding hydrogens is 382 g/mol. The Bertz CT molecular complexity index is 856. The zero-order valence-corrected chi connectivity index (χ0v) is 15.3. The quantitative estimate of drug-likeness (QED) is 0.625. The van der Waals surface area contributed by atoms with Crippen molar-refractivity contribution in [2.45, 2.75) is 38.0 Å². The lowest BCUT2D eigenvalue weighted by molar-refractivity contribution is -0.119. The van der Waals surface area contributed by atoms with E-state index < -0.39 is 40.0 Å². The van der Waals surface area contributed by atoms with Gasteiger partial charge in [0, 0.05) is 36.1 Å². The number of rotatable bonds is 9. The predicted molar refractivity (Wildman–Crippen MR) is 91.6 cm³/mol. The second-order valence-electron chi connectivity index (χ2n) is 7.36. The average molecular weight is 402 g/mol. The topological polar surface area (TPSA) is 116 Å². The van der Waals surface area contributed by atoms with E-state index in [9.17, 15) is 26.8 Å². The van der Waals surface area contributed by atoms with Crippen LogP contribution in [0.3, 0.4) is 0 Å². The van der Waals surface area contributed by atoms with Gasteiger partial charge in [-0.15, -0.1) is 0 Å². The van der Waals surface area contributed by atoms with Crippen LogP contribution in [-0.4, -0.2) is 49.6 Å². The summed E-state index contributed by atoms with van der Waals surface area (Å²) in [7, 11) is -3.29. The van der Waals surface area contributed by atoms with E-state index >= 15 is 0 Å². The number of alkyl halides is 2. The summed E-state index contributed by atoms with van der Waals surface area (Å²) in [6.45, 7) is -0.790. The van der Waals surface area contributed by atoms with Gasteiger partial charge in [0.05, 0.1) is 11.5 Å². The maximum atomic E-state index is 12.6. The molecule has 1 saturated heterocycles. The number of ether oxygens (including phenoxy) is 1. The molecule has 2 aliphatic rings.